The van der Waals surface area contributed by atoms with Crippen LogP contribution in [0.1, 0.15) is 52.4 Å². The molecule has 0 saturated carbocycles. The first-order valence-electron chi connectivity index (χ1n) is 11.4. The predicted octanol–water partition coefficient (Wildman–Crippen LogP) is 3.61. The van der Waals surface area contributed by atoms with Crippen LogP contribution in [0.5, 0.6) is 0 Å². The van der Waals surface area contributed by atoms with Gasteiger partial charge in [-0.3, -0.25) is 14.0 Å². The van der Waals surface area contributed by atoms with Crippen LogP contribution in [-0.2, 0) is 12.7 Å². The van der Waals surface area contributed by atoms with Gasteiger partial charge in [0.05, 0.1) is 28.4 Å². The van der Waals surface area contributed by atoms with Crippen molar-refractivity contribution in [3.63, 3.8) is 0 Å². The number of rotatable bonds is 8. The molecular formula is C24H25F3N6O3S. The Balaban J connectivity index is 1.64. The molecule has 196 valence electrons. The lowest BCUT2D eigenvalue weighted by Crippen LogP contribution is -2.39. The number of nitrogen functional groups attached to an aromatic ring is 1. The zero-order valence-electron chi connectivity index (χ0n) is 20.0. The van der Waals surface area contributed by atoms with Gasteiger partial charge < -0.3 is 21.5 Å². The number of halogens is 3. The van der Waals surface area contributed by atoms with E-state index in [1.165, 1.54) is 29.7 Å². The van der Waals surface area contributed by atoms with E-state index < -0.39 is 42.0 Å². The third-order valence-corrected chi connectivity index (χ3v) is 6.46. The molecule has 0 saturated heterocycles. The summed E-state index contributed by atoms with van der Waals surface area (Å²) in [5.41, 5.74) is 4.58. The van der Waals surface area contributed by atoms with Gasteiger partial charge in [0.25, 0.3) is 11.8 Å². The van der Waals surface area contributed by atoms with Crippen LogP contribution in [0.3, 0.4) is 0 Å². The molecule has 4 rings (SSSR count). The van der Waals surface area contributed by atoms with Gasteiger partial charge in [-0.05, 0) is 42.2 Å². The van der Waals surface area contributed by atoms with Gasteiger partial charge in [0.15, 0.2) is 16.5 Å². The van der Waals surface area contributed by atoms with Gasteiger partial charge in [0.1, 0.15) is 5.69 Å². The predicted molar refractivity (Wildman–Crippen MR) is 133 cm³/mol. The van der Waals surface area contributed by atoms with Crippen molar-refractivity contribution in [2.24, 2.45) is 5.92 Å². The maximum Gasteiger partial charge on any atom is 0.435 e. The van der Waals surface area contributed by atoms with Crippen LogP contribution < -0.4 is 16.4 Å². The van der Waals surface area contributed by atoms with Crippen molar-refractivity contribution in [1.29, 1.82) is 0 Å². The number of carbonyl (C=O) groups excluding carboxylic acids is 2. The number of fused-ring (bicyclic) bond motifs is 2. The first-order chi connectivity index (χ1) is 17.5. The van der Waals surface area contributed by atoms with E-state index in [0.717, 1.165) is 20.2 Å². The van der Waals surface area contributed by atoms with Crippen LogP contribution >= 0.6 is 11.3 Å². The minimum absolute atomic E-state index is 0.0890. The second-order valence-corrected chi connectivity index (χ2v) is 10.0. The van der Waals surface area contributed by atoms with E-state index in [-0.39, 0.29) is 23.7 Å². The third kappa shape index (κ3) is 5.67. The van der Waals surface area contributed by atoms with Gasteiger partial charge in [-0.1, -0.05) is 31.3 Å². The lowest BCUT2D eigenvalue weighted by atomic mass is 10.0. The molecule has 0 aliphatic rings. The molecule has 37 heavy (non-hydrogen) atoms. The summed E-state index contributed by atoms with van der Waals surface area (Å²) in [6.07, 6.45) is -3.35. The topological polar surface area (TPSA) is 135 Å². The molecule has 1 atom stereocenters. The maximum atomic E-state index is 13.9. The minimum atomic E-state index is -4.95. The molecule has 3 aromatic heterocycles. The molecule has 13 heteroatoms. The number of carbonyl (C=O) groups is 2. The summed E-state index contributed by atoms with van der Waals surface area (Å²) in [5, 5.41) is 15.1. The molecule has 0 radical (unpaired) electrons. The Morgan fingerprint density at radius 2 is 1.95 bits per heavy atom. The number of aliphatic hydroxyl groups excluding tert-OH is 1. The summed E-state index contributed by atoms with van der Waals surface area (Å²) in [4.78, 5) is 33.7. The lowest BCUT2D eigenvalue weighted by molar-refractivity contribution is -0.141. The number of pyridine rings is 1. The molecule has 0 fully saturated rings. The zero-order valence-corrected chi connectivity index (χ0v) is 20.8. The molecular weight excluding hydrogens is 509 g/mol. The van der Waals surface area contributed by atoms with Gasteiger partial charge >= 0.3 is 6.18 Å². The van der Waals surface area contributed by atoms with Crippen molar-refractivity contribution < 1.29 is 27.9 Å². The lowest BCUT2D eigenvalue weighted by Gasteiger charge is -2.18. The second kappa shape index (κ2) is 10.3. The van der Waals surface area contributed by atoms with E-state index in [0.29, 0.717) is 11.6 Å². The number of anilines is 1. The number of hydrogen-bond donors (Lipinski definition) is 4. The van der Waals surface area contributed by atoms with Crippen LogP contribution in [0.15, 0.2) is 36.5 Å². The van der Waals surface area contributed by atoms with E-state index >= 15 is 0 Å². The normalized spacial score (nSPS) is 12.8. The first-order valence-corrected chi connectivity index (χ1v) is 12.2. The summed E-state index contributed by atoms with van der Waals surface area (Å²) in [6, 6.07) is 7.30. The summed E-state index contributed by atoms with van der Waals surface area (Å²) < 4.78 is 43.5. The Bertz CT molecular complexity index is 1460. The average molecular weight is 535 g/mol. The van der Waals surface area contributed by atoms with E-state index in [4.69, 9.17) is 5.73 Å². The number of nitrogens with zero attached hydrogens (tertiary/aromatic N) is 3. The Hall–Kier alpha value is -3.71. The van der Waals surface area contributed by atoms with Gasteiger partial charge in [0, 0.05) is 12.7 Å². The molecule has 4 aromatic rings. The zero-order chi connectivity index (χ0) is 26.9. The summed E-state index contributed by atoms with van der Waals surface area (Å²) in [7, 11) is 0. The highest BCUT2D eigenvalue weighted by Gasteiger charge is 2.41. The Morgan fingerprint density at radius 3 is 2.62 bits per heavy atom. The van der Waals surface area contributed by atoms with Crippen LogP contribution in [0.25, 0.3) is 15.9 Å². The van der Waals surface area contributed by atoms with Crippen molar-refractivity contribution in [3.8, 4) is 0 Å². The molecule has 0 spiro atoms. The van der Waals surface area contributed by atoms with Gasteiger partial charge in [-0.2, -0.15) is 13.2 Å². The molecule has 1 aromatic carbocycles. The van der Waals surface area contributed by atoms with Crippen LogP contribution in [0, 0.1) is 5.92 Å². The Labute approximate surface area is 213 Å². The number of aromatic nitrogens is 3. The van der Waals surface area contributed by atoms with Gasteiger partial charge in [0.2, 0.25) is 0 Å². The third-order valence-electron chi connectivity index (χ3n) is 5.61. The SMILES string of the molecule is CC(C)C[C@@H](CO)NC(=O)c1c(C(F)(F)F)nc2c(C(=O)NCc3ccc4nc(N)sc4c3)cccn12. The monoisotopic (exact) mass is 534 g/mol. The smallest absolute Gasteiger partial charge is 0.394 e. The highest BCUT2D eigenvalue weighted by Crippen LogP contribution is 2.33. The number of amides is 2. The van der Waals surface area contributed by atoms with Crippen LogP contribution in [0.2, 0.25) is 0 Å². The molecule has 5 N–H and O–H groups in total. The van der Waals surface area contributed by atoms with Crippen molar-refractivity contribution in [3.05, 3.63) is 59.0 Å². The fourth-order valence-corrected chi connectivity index (χ4v) is 4.83. The second-order valence-electron chi connectivity index (χ2n) is 8.94. The highest BCUT2D eigenvalue weighted by molar-refractivity contribution is 7.22. The molecule has 0 aliphatic carbocycles. The van der Waals surface area contributed by atoms with Crippen molar-refractivity contribution >= 4 is 44.1 Å². The fraction of sp³-hybridized carbons (Fsp3) is 0.333. The van der Waals surface area contributed by atoms with Crippen molar-refractivity contribution in [2.75, 3.05) is 12.3 Å². The van der Waals surface area contributed by atoms with Gasteiger partial charge in [-0.15, -0.1) is 0 Å². The number of imidazole rings is 1. The van der Waals surface area contributed by atoms with Crippen LogP contribution in [-0.4, -0.2) is 43.9 Å². The van der Waals surface area contributed by atoms with E-state index in [1.807, 2.05) is 19.9 Å². The molecule has 0 aliphatic heterocycles. The number of nitrogens with one attached hydrogen (secondary N) is 2. The molecule has 9 nitrogen and oxygen atoms in total. The number of aliphatic hydroxyl groups is 1. The molecule has 0 unspecified atom stereocenters. The van der Waals surface area contributed by atoms with Crippen molar-refractivity contribution in [2.45, 2.75) is 39.0 Å². The summed E-state index contributed by atoms with van der Waals surface area (Å²) in [6.45, 7) is 3.39. The minimum Gasteiger partial charge on any atom is -0.394 e. The maximum absolute atomic E-state index is 13.9. The van der Waals surface area contributed by atoms with E-state index in [9.17, 15) is 27.9 Å². The van der Waals surface area contributed by atoms with Gasteiger partial charge in [-0.25, -0.2) is 9.97 Å². The largest absolute Gasteiger partial charge is 0.435 e. The first kappa shape index (κ1) is 26.4. The molecule has 3 heterocycles. The Kier molecular flexibility index (Phi) is 7.37. The number of nitrogens with two attached hydrogens (primary N) is 1. The summed E-state index contributed by atoms with van der Waals surface area (Å²) >= 11 is 1.30. The number of thiazole rings is 1. The number of alkyl halides is 3. The highest BCUT2D eigenvalue weighted by atomic mass is 32.1. The number of benzene rings is 1. The fourth-order valence-electron chi connectivity index (χ4n) is 4.04. The van der Waals surface area contributed by atoms with Crippen molar-refractivity contribution in [1.82, 2.24) is 25.0 Å². The quantitative estimate of drug-likeness (QED) is 0.273. The van der Waals surface area contributed by atoms with E-state index in [2.05, 4.69) is 20.6 Å². The standard InChI is InChI=1S/C24H25F3N6O3S/c1-12(2)8-14(11-34)30-22(36)18-19(24(25,26)27)32-20-15(4-3-7-33(18)20)21(35)29-10-13-5-6-16-17(9-13)37-23(28)31-16/h3-7,9,12,14,34H,8,10-11H2,1-2H3,(H2,28,31)(H,29,35)(H,30,36)/t14-/m0/s1. The summed E-state index contributed by atoms with van der Waals surface area (Å²) in [5.74, 6) is -1.62. The van der Waals surface area contributed by atoms with E-state index in [1.54, 1.807) is 12.1 Å². The molecule has 0 bridgehead atoms. The van der Waals surface area contributed by atoms with Crippen LogP contribution in [0.4, 0.5) is 18.3 Å². The Morgan fingerprint density at radius 1 is 1.19 bits per heavy atom. The average Bonchev–Trinajstić information content (AvgIpc) is 3.41. The number of hydrogen-bond acceptors (Lipinski definition) is 7. The molecule has 2 amide bonds.